The number of methoxy groups -OCH3 is 1. The molecule has 4 rings (SSSR count). The van der Waals surface area contributed by atoms with Crippen LogP contribution in [-0.4, -0.2) is 35.7 Å². The smallest absolute Gasteiger partial charge is 0.279 e. The number of hydrogen-bond donors (Lipinski definition) is 1. The number of nitrogens with zero attached hydrogens (tertiary/aromatic N) is 2. The molecule has 0 saturated heterocycles. The summed E-state index contributed by atoms with van der Waals surface area (Å²) >= 11 is 3.51. The lowest BCUT2D eigenvalue weighted by atomic mass is 9.98. The van der Waals surface area contributed by atoms with E-state index in [0.717, 1.165) is 40.9 Å². The van der Waals surface area contributed by atoms with Crippen molar-refractivity contribution < 1.29 is 14.4 Å². The first-order valence-corrected chi connectivity index (χ1v) is 9.95. The Kier molecular flexibility index (Phi) is 4.76. The average Bonchev–Trinajstić information content (AvgIpc) is 2.79. The van der Waals surface area contributed by atoms with E-state index < -0.39 is 5.72 Å². The third kappa shape index (κ3) is 2.93. The molecule has 0 bridgehead atoms. The normalized spacial score (nSPS) is 23.0. The Morgan fingerprint density at radius 1 is 1.08 bits per heavy atom. The molecular formula is C21H24BrN2O2+. The summed E-state index contributed by atoms with van der Waals surface area (Å²) in [4.78, 5) is 2.11. The monoisotopic (exact) mass is 415 g/mol. The topological polar surface area (TPSA) is 35.7 Å². The van der Waals surface area contributed by atoms with Crippen molar-refractivity contribution in [3.63, 3.8) is 0 Å². The highest BCUT2D eigenvalue weighted by Crippen LogP contribution is 2.41. The molecule has 0 aliphatic carbocycles. The quantitative estimate of drug-likeness (QED) is 0.766. The summed E-state index contributed by atoms with van der Waals surface area (Å²) in [5, 5.41) is 12.0. The van der Waals surface area contributed by atoms with E-state index in [0.29, 0.717) is 6.54 Å². The molecule has 1 atom stereocenters. The van der Waals surface area contributed by atoms with Gasteiger partial charge in [-0.25, -0.2) is 0 Å². The fourth-order valence-electron chi connectivity index (χ4n) is 4.16. The molecule has 0 unspecified atom stereocenters. The lowest BCUT2D eigenvalue weighted by Gasteiger charge is -2.30. The van der Waals surface area contributed by atoms with Gasteiger partial charge in [0.05, 0.1) is 19.2 Å². The SMILES string of the molecule is COc1ccccc1[C@]1(O)C[N+]2=C(CCCCC2)N1c1ccc(Br)cc1. The molecule has 5 heteroatoms. The van der Waals surface area contributed by atoms with Crippen LogP contribution in [0.15, 0.2) is 53.0 Å². The molecule has 136 valence electrons. The molecule has 26 heavy (non-hydrogen) atoms. The first kappa shape index (κ1) is 17.6. The minimum Gasteiger partial charge on any atom is -0.496 e. The van der Waals surface area contributed by atoms with Gasteiger partial charge in [0, 0.05) is 10.9 Å². The van der Waals surface area contributed by atoms with Crippen LogP contribution in [0.4, 0.5) is 5.69 Å². The van der Waals surface area contributed by atoms with Crippen LogP contribution in [0, 0.1) is 0 Å². The van der Waals surface area contributed by atoms with Crippen LogP contribution in [0.3, 0.4) is 0 Å². The van der Waals surface area contributed by atoms with Crippen molar-refractivity contribution in [1.29, 1.82) is 0 Å². The number of benzene rings is 2. The van der Waals surface area contributed by atoms with Gasteiger partial charge in [0.25, 0.3) is 11.6 Å². The molecule has 0 saturated carbocycles. The van der Waals surface area contributed by atoms with Gasteiger partial charge in [0.2, 0.25) is 0 Å². The number of ether oxygens (including phenoxy) is 1. The largest absolute Gasteiger partial charge is 0.496 e. The number of halogens is 1. The first-order chi connectivity index (χ1) is 12.6. The zero-order valence-corrected chi connectivity index (χ0v) is 16.6. The van der Waals surface area contributed by atoms with Crippen molar-refractivity contribution in [3.8, 4) is 5.75 Å². The summed E-state index contributed by atoms with van der Waals surface area (Å²) in [6.45, 7) is 1.54. The van der Waals surface area contributed by atoms with E-state index in [1.54, 1.807) is 7.11 Å². The van der Waals surface area contributed by atoms with E-state index in [9.17, 15) is 5.11 Å². The van der Waals surface area contributed by atoms with Crippen LogP contribution < -0.4 is 9.64 Å². The molecule has 0 fully saturated rings. The summed E-state index contributed by atoms with van der Waals surface area (Å²) < 4.78 is 8.96. The predicted molar refractivity (Wildman–Crippen MR) is 107 cm³/mol. The van der Waals surface area contributed by atoms with Crippen LogP contribution >= 0.6 is 15.9 Å². The lowest BCUT2D eigenvalue weighted by Crippen LogP contribution is -2.47. The van der Waals surface area contributed by atoms with Crippen LogP contribution in [-0.2, 0) is 5.72 Å². The van der Waals surface area contributed by atoms with Crippen LogP contribution in [0.1, 0.15) is 31.2 Å². The summed E-state index contributed by atoms with van der Waals surface area (Å²) in [5.41, 5.74) is 0.666. The highest BCUT2D eigenvalue weighted by molar-refractivity contribution is 9.10. The highest BCUT2D eigenvalue weighted by atomic mass is 79.9. The molecule has 0 amide bonds. The molecule has 2 aliphatic heterocycles. The maximum Gasteiger partial charge on any atom is 0.279 e. The second-order valence-electron chi connectivity index (χ2n) is 6.98. The first-order valence-electron chi connectivity index (χ1n) is 9.16. The Morgan fingerprint density at radius 3 is 2.62 bits per heavy atom. The van der Waals surface area contributed by atoms with Gasteiger partial charge in [-0.15, -0.1) is 0 Å². The van der Waals surface area contributed by atoms with Crippen molar-refractivity contribution in [2.75, 3.05) is 25.1 Å². The predicted octanol–water partition coefficient (Wildman–Crippen LogP) is 4.11. The molecule has 4 nitrogen and oxygen atoms in total. The van der Waals surface area contributed by atoms with Crippen LogP contribution in [0.2, 0.25) is 0 Å². The van der Waals surface area contributed by atoms with Gasteiger partial charge in [-0.2, -0.15) is 4.90 Å². The highest BCUT2D eigenvalue weighted by Gasteiger charge is 2.55. The summed E-state index contributed by atoms with van der Waals surface area (Å²) in [6, 6.07) is 16.0. The van der Waals surface area contributed by atoms with E-state index in [1.807, 2.05) is 36.4 Å². The van der Waals surface area contributed by atoms with Gasteiger partial charge in [-0.3, -0.25) is 4.58 Å². The maximum absolute atomic E-state index is 12.0. The van der Waals surface area contributed by atoms with E-state index in [-0.39, 0.29) is 0 Å². The molecule has 1 N–H and O–H groups in total. The van der Waals surface area contributed by atoms with Gasteiger partial charge in [-0.1, -0.05) is 28.1 Å². The fourth-order valence-corrected chi connectivity index (χ4v) is 4.42. The Morgan fingerprint density at radius 2 is 1.85 bits per heavy atom. The third-order valence-corrected chi connectivity index (χ3v) is 5.88. The number of rotatable bonds is 3. The summed E-state index contributed by atoms with van der Waals surface area (Å²) in [6.07, 6.45) is 4.54. The number of aliphatic hydroxyl groups is 1. The van der Waals surface area contributed by atoms with E-state index in [2.05, 4.69) is 37.5 Å². The van der Waals surface area contributed by atoms with Crippen molar-refractivity contribution >= 4 is 27.5 Å². The van der Waals surface area contributed by atoms with Gasteiger partial charge < -0.3 is 9.84 Å². The second-order valence-corrected chi connectivity index (χ2v) is 7.89. The Bertz CT molecular complexity index is 834. The maximum atomic E-state index is 12.0. The molecule has 0 spiro atoms. The molecule has 2 aromatic rings. The van der Waals surface area contributed by atoms with Crippen molar-refractivity contribution in [3.05, 3.63) is 58.6 Å². The zero-order valence-electron chi connectivity index (χ0n) is 15.0. The Labute approximate surface area is 162 Å². The van der Waals surface area contributed by atoms with Gasteiger partial charge >= 0.3 is 0 Å². The minimum absolute atomic E-state index is 0.554. The van der Waals surface area contributed by atoms with Crippen molar-refractivity contribution in [1.82, 2.24) is 0 Å². The number of hydrogen-bond acceptors (Lipinski definition) is 3. The minimum atomic E-state index is -1.15. The van der Waals surface area contributed by atoms with Crippen LogP contribution in [0.25, 0.3) is 0 Å². The zero-order chi connectivity index (χ0) is 18.1. The standard InChI is InChI=1S/C21H24BrN2O2/c1-26-19-8-5-4-7-18(19)21(25)15-23-14-6-2-3-9-20(23)24(21)17-12-10-16(22)11-13-17/h4-5,7-8,10-13,25H,2-3,6,9,14-15H2,1H3/q+1/t21-/m1/s1. The lowest BCUT2D eigenvalue weighted by molar-refractivity contribution is -0.534. The molecule has 2 aromatic carbocycles. The number of anilines is 1. The Hall–Kier alpha value is -1.85. The molecule has 0 radical (unpaired) electrons. The molecular weight excluding hydrogens is 392 g/mol. The Balaban J connectivity index is 1.87. The number of amidine groups is 1. The molecule has 2 aliphatic rings. The second kappa shape index (κ2) is 7.05. The molecule has 2 heterocycles. The summed E-state index contributed by atoms with van der Waals surface area (Å²) in [7, 11) is 1.66. The third-order valence-electron chi connectivity index (χ3n) is 5.36. The van der Waals surface area contributed by atoms with Gasteiger partial charge in [-0.05, 0) is 55.7 Å². The van der Waals surface area contributed by atoms with Crippen molar-refractivity contribution in [2.24, 2.45) is 0 Å². The number of para-hydroxylation sites is 1. The van der Waals surface area contributed by atoms with Crippen LogP contribution in [0.5, 0.6) is 5.75 Å². The average molecular weight is 416 g/mol. The van der Waals surface area contributed by atoms with E-state index in [1.165, 1.54) is 18.7 Å². The fraction of sp³-hybridized carbons (Fsp3) is 0.381. The van der Waals surface area contributed by atoms with Gasteiger partial charge in [0.15, 0.2) is 6.54 Å². The van der Waals surface area contributed by atoms with E-state index >= 15 is 0 Å². The molecule has 0 aromatic heterocycles. The van der Waals surface area contributed by atoms with Gasteiger partial charge in [0.1, 0.15) is 11.4 Å². The van der Waals surface area contributed by atoms with Crippen molar-refractivity contribution in [2.45, 2.75) is 31.4 Å². The van der Waals surface area contributed by atoms with E-state index in [4.69, 9.17) is 4.74 Å². The summed E-state index contributed by atoms with van der Waals surface area (Å²) in [5.74, 6) is 1.92.